The molecule has 1 fully saturated rings. The van der Waals surface area contributed by atoms with Crippen LogP contribution >= 0.6 is 0 Å². The Morgan fingerprint density at radius 3 is 2.56 bits per heavy atom. The molecule has 3 aliphatic heterocycles. The van der Waals surface area contributed by atoms with Crippen LogP contribution in [0.3, 0.4) is 0 Å². The Kier molecular flexibility index (Phi) is 7.21. The summed E-state index contributed by atoms with van der Waals surface area (Å²) in [4.78, 5) is 25.2. The molecule has 0 saturated carbocycles. The van der Waals surface area contributed by atoms with Crippen molar-refractivity contribution >= 4 is 27.5 Å². The van der Waals surface area contributed by atoms with E-state index in [-0.39, 0.29) is 46.1 Å². The molecule has 2 amide bonds. The summed E-state index contributed by atoms with van der Waals surface area (Å²) < 4.78 is 60.8. The lowest BCUT2D eigenvalue weighted by Gasteiger charge is -2.49. The highest BCUT2D eigenvalue weighted by molar-refractivity contribution is 7.90. The van der Waals surface area contributed by atoms with Gasteiger partial charge in [0.15, 0.2) is 6.10 Å². The lowest BCUT2D eigenvalue weighted by molar-refractivity contribution is -0.149. The van der Waals surface area contributed by atoms with Crippen molar-refractivity contribution in [2.24, 2.45) is 5.92 Å². The molecule has 0 radical (unpaired) electrons. The number of nitrogens with one attached hydrogen (secondary N) is 2. The Morgan fingerprint density at radius 1 is 1.07 bits per heavy atom. The number of rotatable bonds is 5. The van der Waals surface area contributed by atoms with Crippen molar-refractivity contribution in [1.29, 1.82) is 0 Å². The number of halogens is 1. The van der Waals surface area contributed by atoms with Gasteiger partial charge in [-0.15, -0.1) is 0 Å². The summed E-state index contributed by atoms with van der Waals surface area (Å²) in [6.07, 6.45) is 0.958. The molecule has 226 valence electrons. The largest absolute Gasteiger partial charge is 0.487 e. The number of hydrogen-bond donors (Lipinski definition) is 2. The molecule has 11 heteroatoms. The molecule has 6 rings (SSSR count). The predicted molar refractivity (Wildman–Crippen MR) is 156 cm³/mol. The third-order valence-corrected chi connectivity index (χ3v) is 9.92. The normalized spacial score (nSPS) is 23.9. The highest BCUT2D eigenvalue weighted by Gasteiger charge is 2.47. The third-order valence-electron chi connectivity index (χ3n) is 8.45. The van der Waals surface area contributed by atoms with Crippen LogP contribution < -0.4 is 19.5 Å². The number of aryl methyl sites for hydroxylation is 1. The molecule has 1 saturated heterocycles. The number of amides is 2. The van der Waals surface area contributed by atoms with Crippen LogP contribution in [-0.4, -0.2) is 38.0 Å². The lowest BCUT2D eigenvalue weighted by atomic mass is 9.74. The maximum Gasteiger partial charge on any atom is 0.265 e. The fourth-order valence-electron chi connectivity index (χ4n) is 6.16. The van der Waals surface area contributed by atoms with Crippen LogP contribution in [0, 0.1) is 18.7 Å². The van der Waals surface area contributed by atoms with Crippen molar-refractivity contribution in [2.75, 3.05) is 5.32 Å². The fourth-order valence-corrected chi connectivity index (χ4v) is 7.37. The van der Waals surface area contributed by atoms with E-state index in [1.54, 1.807) is 38.1 Å². The second-order valence-electron chi connectivity index (χ2n) is 11.9. The van der Waals surface area contributed by atoms with E-state index in [1.165, 1.54) is 30.3 Å². The monoisotopic (exact) mass is 608 g/mol. The summed E-state index contributed by atoms with van der Waals surface area (Å²) in [5.74, 6) is -0.641. The fraction of sp³-hybridized carbons (Fsp3) is 0.375. The van der Waals surface area contributed by atoms with E-state index >= 15 is 0 Å². The van der Waals surface area contributed by atoms with E-state index in [0.29, 0.717) is 29.0 Å². The molecule has 3 aliphatic rings. The molecule has 1 unspecified atom stereocenters. The number of fused-ring (bicyclic) bond motifs is 4. The van der Waals surface area contributed by atoms with Gasteiger partial charge in [0.05, 0.1) is 22.8 Å². The third kappa shape index (κ3) is 5.59. The molecule has 0 aromatic heterocycles. The van der Waals surface area contributed by atoms with Crippen molar-refractivity contribution in [2.45, 2.75) is 75.8 Å². The van der Waals surface area contributed by atoms with Crippen LogP contribution in [0.1, 0.15) is 66.8 Å². The van der Waals surface area contributed by atoms with Crippen molar-refractivity contribution in [1.82, 2.24) is 4.72 Å². The summed E-state index contributed by atoms with van der Waals surface area (Å²) >= 11 is 0. The van der Waals surface area contributed by atoms with Crippen LogP contribution in [0.25, 0.3) is 0 Å². The van der Waals surface area contributed by atoms with Crippen molar-refractivity contribution in [3.8, 4) is 11.5 Å². The Hall–Kier alpha value is -3.96. The first-order chi connectivity index (χ1) is 20.3. The number of sulfonamides is 1. The number of carbonyl (C=O) groups is 2. The number of ether oxygens (including phenoxy) is 3. The lowest BCUT2D eigenvalue weighted by Crippen LogP contribution is -2.48. The SMILES string of the molecule is Cc1cc2c(cc1S(=O)(=O)NC(=O)c1ccc3c(c1)[C@@H]1O[C@H](Cc4ccc(F)cc4)CC[C@H]1C(C)(C)O3)OC(C)C(=O)N2. The minimum absolute atomic E-state index is 0.00698. The van der Waals surface area contributed by atoms with Crippen LogP contribution in [-0.2, 0) is 26.0 Å². The highest BCUT2D eigenvalue weighted by Crippen LogP contribution is 2.51. The van der Waals surface area contributed by atoms with E-state index in [0.717, 1.165) is 18.4 Å². The second-order valence-corrected chi connectivity index (χ2v) is 13.6. The molecule has 43 heavy (non-hydrogen) atoms. The second kappa shape index (κ2) is 10.6. The minimum atomic E-state index is -4.29. The minimum Gasteiger partial charge on any atom is -0.487 e. The zero-order valence-electron chi connectivity index (χ0n) is 24.3. The van der Waals surface area contributed by atoms with Crippen LogP contribution in [0.15, 0.2) is 59.5 Å². The Morgan fingerprint density at radius 2 is 1.81 bits per heavy atom. The van der Waals surface area contributed by atoms with Gasteiger partial charge in [0, 0.05) is 23.1 Å². The molecule has 0 spiro atoms. The van der Waals surface area contributed by atoms with Gasteiger partial charge in [0.2, 0.25) is 0 Å². The summed E-state index contributed by atoms with van der Waals surface area (Å²) in [6.45, 7) is 7.16. The van der Waals surface area contributed by atoms with E-state index in [4.69, 9.17) is 14.2 Å². The van der Waals surface area contributed by atoms with Gasteiger partial charge in [0.25, 0.3) is 21.8 Å². The molecular weight excluding hydrogens is 575 g/mol. The zero-order valence-corrected chi connectivity index (χ0v) is 25.1. The number of anilines is 1. The van der Waals surface area contributed by atoms with Crippen molar-refractivity contribution in [3.05, 3.63) is 82.7 Å². The van der Waals surface area contributed by atoms with E-state index in [1.807, 2.05) is 13.8 Å². The molecule has 0 bridgehead atoms. The maximum atomic E-state index is 13.4. The zero-order chi connectivity index (χ0) is 30.7. The molecule has 9 nitrogen and oxygen atoms in total. The van der Waals surface area contributed by atoms with E-state index in [2.05, 4.69) is 10.0 Å². The van der Waals surface area contributed by atoms with Crippen LogP contribution in [0.2, 0.25) is 0 Å². The summed E-state index contributed by atoms with van der Waals surface area (Å²) in [7, 11) is -4.29. The van der Waals surface area contributed by atoms with Gasteiger partial charge in [-0.05, 0) is 94.5 Å². The van der Waals surface area contributed by atoms with Gasteiger partial charge in [-0.2, -0.15) is 0 Å². The Labute approximate surface area is 249 Å². The smallest absolute Gasteiger partial charge is 0.265 e. The summed E-state index contributed by atoms with van der Waals surface area (Å²) in [6, 6.07) is 14.0. The standard InChI is InChI=1S/C32H33FN2O7S/c1-17-13-25-27(40-18(2)30(36)34-25)16-28(17)43(38,39)35-31(37)20-7-12-26-23(15-20)29-24(32(3,4)42-26)11-10-22(41-29)14-19-5-8-21(33)9-6-19/h5-9,12-13,15-16,18,22,24,29H,10-11,14H2,1-4H3,(H,34,36)(H,35,37)/t18?,22-,24+,29-/m0/s1. The average molecular weight is 609 g/mol. The quantitative estimate of drug-likeness (QED) is 0.408. The van der Waals surface area contributed by atoms with Gasteiger partial charge in [0.1, 0.15) is 22.9 Å². The van der Waals surface area contributed by atoms with Gasteiger partial charge < -0.3 is 19.5 Å². The van der Waals surface area contributed by atoms with E-state index < -0.39 is 27.6 Å². The molecule has 0 aliphatic carbocycles. The predicted octanol–water partition coefficient (Wildman–Crippen LogP) is 5.22. The van der Waals surface area contributed by atoms with E-state index in [9.17, 15) is 22.4 Å². The van der Waals surface area contributed by atoms with Crippen LogP contribution in [0.5, 0.6) is 11.5 Å². The van der Waals surface area contributed by atoms with Gasteiger partial charge in [-0.1, -0.05) is 12.1 Å². The van der Waals surface area contributed by atoms with Gasteiger partial charge >= 0.3 is 0 Å². The molecule has 4 atom stereocenters. The van der Waals surface area contributed by atoms with Crippen LogP contribution in [0.4, 0.5) is 10.1 Å². The highest BCUT2D eigenvalue weighted by atomic mass is 32.2. The first-order valence-corrected chi connectivity index (χ1v) is 15.7. The topological polar surface area (TPSA) is 120 Å². The van der Waals surface area contributed by atoms with Crippen molar-refractivity contribution in [3.63, 3.8) is 0 Å². The maximum absolute atomic E-state index is 13.4. The van der Waals surface area contributed by atoms with Crippen molar-refractivity contribution < 1.29 is 36.6 Å². The van der Waals surface area contributed by atoms with Gasteiger partial charge in [-0.3, -0.25) is 9.59 Å². The van der Waals surface area contributed by atoms with Gasteiger partial charge in [-0.25, -0.2) is 17.5 Å². The Balaban J connectivity index is 1.25. The number of carbonyl (C=O) groups excluding carboxylic acids is 2. The molecule has 3 heterocycles. The first kappa shape index (κ1) is 29.1. The molecule has 3 aromatic carbocycles. The number of benzene rings is 3. The average Bonchev–Trinajstić information content (AvgIpc) is 2.94. The first-order valence-electron chi connectivity index (χ1n) is 14.2. The molecular formula is C32H33FN2O7S. The number of hydrogen-bond acceptors (Lipinski definition) is 7. The molecule has 2 N–H and O–H groups in total. The Bertz CT molecular complexity index is 1720. The molecule has 3 aromatic rings. The summed E-state index contributed by atoms with van der Waals surface area (Å²) in [5.41, 5.74) is 1.97. The summed E-state index contributed by atoms with van der Waals surface area (Å²) in [5, 5.41) is 2.69.